The molecule has 0 aliphatic carbocycles. The molecule has 0 bridgehead atoms. The van der Waals surface area contributed by atoms with Gasteiger partial charge in [-0.3, -0.25) is 0 Å². The van der Waals surface area contributed by atoms with Crippen molar-refractivity contribution >= 4 is 44.9 Å². The number of hydrogen-bond donors (Lipinski definition) is 0. The van der Waals surface area contributed by atoms with Crippen molar-refractivity contribution in [3.8, 4) is 44.5 Å². The molecule has 0 unspecified atom stereocenters. The Balaban J connectivity index is 0.970. The second kappa shape index (κ2) is 16.5. The average Bonchev–Trinajstić information content (AvgIpc) is 3.34. The Bertz CT molecular complexity index is 2880. The molecule has 0 atom stereocenters. The van der Waals surface area contributed by atoms with E-state index in [4.69, 9.17) is 0 Å². The fourth-order valence-corrected chi connectivity index (χ4v) is 8.12. The normalized spacial score (nSPS) is 11.0. The number of anilines is 6. The smallest absolute Gasteiger partial charge is 0.0468 e. The van der Waals surface area contributed by atoms with Gasteiger partial charge in [0.25, 0.3) is 0 Å². The van der Waals surface area contributed by atoms with E-state index < -0.39 is 0 Å². The summed E-state index contributed by atoms with van der Waals surface area (Å²) in [4.78, 5) is 4.68. The monoisotopic (exact) mass is 766 g/mol. The van der Waals surface area contributed by atoms with Gasteiger partial charge in [0.2, 0.25) is 0 Å². The first-order valence-electron chi connectivity index (χ1n) is 20.5. The van der Waals surface area contributed by atoms with E-state index in [1.165, 1.54) is 44.2 Å². The van der Waals surface area contributed by atoms with Crippen LogP contribution in [0.1, 0.15) is 0 Å². The van der Waals surface area contributed by atoms with Gasteiger partial charge in [-0.05, 0) is 128 Å². The third-order valence-electron chi connectivity index (χ3n) is 11.3. The number of rotatable bonds is 10. The zero-order valence-corrected chi connectivity index (χ0v) is 33.1. The molecule has 0 fully saturated rings. The minimum atomic E-state index is 1.09. The molecule has 0 saturated heterocycles. The lowest BCUT2D eigenvalue weighted by molar-refractivity contribution is 1.28. The third-order valence-corrected chi connectivity index (χ3v) is 11.3. The fraction of sp³-hybridized carbons (Fsp3) is 0. The summed E-state index contributed by atoms with van der Waals surface area (Å²) >= 11 is 0. The first-order valence-corrected chi connectivity index (χ1v) is 20.5. The van der Waals surface area contributed by atoms with Crippen molar-refractivity contribution in [1.82, 2.24) is 0 Å². The van der Waals surface area contributed by atoms with Crippen molar-refractivity contribution in [2.24, 2.45) is 0 Å². The Morgan fingerprint density at radius 1 is 0.167 bits per heavy atom. The van der Waals surface area contributed by atoms with Gasteiger partial charge in [0.05, 0.1) is 0 Å². The SMILES string of the molecule is c1ccc(-c2ccc(N(c3ccc(-c4ccccc4)cc3)c3ccc(-c4ccc(N(c5ccc(-c6ccccc6)cc5)c5ccc6ccccc6c5)cc4)cc3)cc2)cc1. The van der Waals surface area contributed by atoms with E-state index in [1.807, 2.05) is 0 Å². The molecule has 0 aromatic heterocycles. The highest BCUT2D eigenvalue weighted by atomic mass is 15.1. The Morgan fingerprint density at radius 2 is 0.400 bits per heavy atom. The molecule has 2 nitrogen and oxygen atoms in total. The maximum atomic E-state index is 2.35. The van der Waals surface area contributed by atoms with Crippen LogP contribution in [0, 0.1) is 0 Å². The minimum Gasteiger partial charge on any atom is -0.311 e. The van der Waals surface area contributed by atoms with Crippen LogP contribution in [-0.2, 0) is 0 Å². The molecular formula is C58H42N2. The van der Waals surface area contributed by atoms with Crippen molar-refractivity contribution in [2.45, 2.75) is 0 Å². The lowest BCUT2D eigenvalue weighted by Gasteiger charge is -2.27. The molecule has 284 valence electrons. The van der Waals surface area contributed by atoms with Crippen LogP contribution in [0.3, 0.4) is 0 Å². The van der Waals surface area contributed by atoms with E-state index in [9.17, 15) is 0 Å². The van der Waals surface area contributed by atoms with Gasteiger partial charge >= 0.3 is 0 Å². The van der Waals surface area contributed by atoms with Crippen molar-refractivity contribution in [3.05, 3.63) is 255 Å². The third kappa shape index (κ3) is 7.58. The van der Waals surface area contributed by atoms with E-state index in [0.29, 0.717) is 0 Å². The van der Waals surface area contributed by atoms with E-state index in [1.54, 1.807) is 0 Å². The highest BCUT2D eigenvalue weighted by Gasteiger charge is 2.16. The summed E-state index contributed by atoms with van der Waals surface area (Å²) in [6.45, 7) is 0. The molecule has 0 radical (unpaired) electrons. The molecule has 0 aliphatic heterocycles. The second-order valence-electron chi connectivity index (χ2n) is 15.0. The zero-order valence-electron chi connectivity index (χ0n) is 33.1. The molecule has 60 heavy (non-hydrogen) atoms. The Labute approximate surface area is 352 Å². The van der Waals surface area contributed by atoms with E-state index >= 15 is 0 Å². The van der Waals surface area contributed by atoms with E-state index in [0.717, 1.165) is 45.3 Å². The number of nitrogens with zero attached hydrogens (tertiary/aromatic N) is 2. The van der Waals surface area contributed by atoms with Crippen LogP contribution in [0.4, 0.5) is 34.1 Å². The summed E-state index contributed by atoms with van der Waals surface area (Å²) in [6, 6.07) is 91.4. The van der Waals surface area contributed by atoms with Crippen LogP contribution in [0.25, 0.3) is 55.3 Å². The van der Waals surface area contributed by atoms with Gasteiger partial charge in [0.15, 0.2) is 0 Å². The number of benzene rings is 10. The van der Waals surface area contributed by atoms with Crippen LogP contribution < -0.4 is 9.80 Å². The molecule has 0 saturated carbocycles. The first kappa shape index (κ1) is 36.4. The Kier molecular flexibility index (Phi) is 10.0. The molecule has 0 spiro atoms. The topological polar surface area (TPSA) is 6.48 Å². The molecule has 0 amide bonds. The summed E-state index contributed by atoms with van der Waals surface area (Å²) < 4.78 is 0. The minimum absolute atomic E-state index is 1.09. The predicted molar refractivity (Wildman–Crippen MR) is 255 cm³/mol. The number of hydrogen-bond acceptors (Lipinski definition) is 2. The van der Waals surface area contributed by atoms with E-state index in [-0.39, 0.29) is 0 Å². The number of fused-ring (bicyclic) bond motifs is 1. The summed E-state index contributed by atoms with van der Waals surface area (Å²) in [5, 5.41) is 2.44. The highest BCUT2D eigenvalue weighted by molar-refractivity contribution is 5.90. The molecule has 10 rings (SSSR count). The maximum Gasteiger partial charge on any atom is 0.0468 e. The van der Waals surface area contributed by atoms with Crippen molar-refractivity contribution < 1.29 is 0 Å². The summed E-state index contributed by atoms with van der Waals surface area (Å²) in [7, 11) is 0. The van der Waals surface area contributed by atoms with Crippen molar-refractivity contribution in [1.29, 1.82) is 0 Å². The quantitative estimate of drug-likeness (QED) is 0.137. The largest absolute Gasteiger partial charge is 0.311 e. The Hall–Kier alpha value is -7.94. The summed E-state index contributed by atoms with van der Waals surface area (Å²) in [6.07, 6.45) is 0. The van der Waals surface area contributed by atoms with Gasteiger partial charge in [-0.15, -0.1) is 0 Å². The molecule has 0 aliphatic rings. The van der Waals surface area contributed by atoms with Gasteiger partial charge in [-0.1, -0.05) is 182 Å². The van der Waals surface area contributed by atoms with Crippen LogP contribution in [0.15, 0.2) is 255 Å². The standard InChI is InChI=1S/C58H42N2/c1-4-12-43(13-5-1)47-20-31-53(32-21-47)59(54-33-22-48(23-34-54)44-14-6-2-7-15-44)55-35-26-50(27-36-55)51-28-39-57(40-29-51)60(58-41-30-46-18-10-11-19-52(46)42-58)56-37-24-49(25-38-56)45-16-8-3-9-17-45/h1-42H. The predicted octanol–water partition coefficient (Wildman–Crippen LogP) is 16.4. The zero-order chi connectivity index (χ0) is 40.1. The molecule has 10 aromatic carbocycles. The summed E-state index contributed by atoms with van der Waals surface area (Å²) in [5.41, 5.74) is 16.2. The first-order chi connectivity index (χ1) is 29.7. The molecule has 0 heterocycles. The maximum absolute atomic E-state index is 2.35. The highest BCUT2D eigenvalue weighted by Crippen LogP contribution is 2.40. The van der Waals surface area contributed by atoms with Crippen LogP contribution >= 0.6 is 0 Å². The molecule has 0 N–H and O–H groups in total. The van der Waals surface area contributed by atoms with E-state index in [2.05, 4.69) is 265 Å². The second-order valence-corrected chi connectivity index (χ2v) is 15.0. The van der Waals surface area contributed by atoms with Gasteiger partial charge in [-0.2, -0.15) is 0 Å². The van der Waals surface area contributed by atoms with Crippen LogP contribution in [0.2, 0.25) is 0 Å². The molecular weight excluding hydrogens is 725 g/mol. The van der Waals surface area contributed by atoms with Gasteiger partial charge in [0, 0.05) is 34.1 Å². The lowest BCUT2D eigenvalue weighted by atomic mass is 10.0. The van der Waals surface area contributed by atoms with Gasteiger partial charge in [-0.25, -0.2) is 0 Å². The lowest BCUT2D eigenvalue weighted by Crippen LogP contribution is -2.10. The molecule has 10 aromatic rings. The van der Waals surface area contributed by atoms with Crippen molar-refractivity contribution in [2.75, 3.05) is 9.80 Å². The molecule has 2 heteroatoms. The summed E-state index contributed by atoms with van der Waals surface area (Å²) in [5.74, 6) is 0. The Morgan fingerprint density at radius 3 is 0.717 bits per heavy atom. The average molecular weight is 767 g/mol. The van der Waals surface area contributed by atoms with Gasteiger partial charge in [0.1, 0.15) is 0 Å². The van der Waals surface area contributed by atoms with Gasteiger partial charge < -0.3 is 9.80 Å². The van der Waals surface area contributed by atoms with Crippen LogP contribution in [0.5, 0.6) is 0 Å². The van der Waals surface area contributed by atoms with Crippen molar-refractivity contribution in [3.63, 3.8) is 0 Å². The van der Waals surface area contributed by atoms with Crippen LogP contribution in [-0.4, -0.2) is 0 Å². The fourth-order valence-electron chi connectivity index (χ4n) is 8.12.